The van der Waals surface area contributed by atoms with E-state index >= 15 is 0 Å². The Balaban J connectivity index is 1.73. The van der Waals surface area contributed by atoms with Crippen molar-refractivity contribution in [3.63, 3.8) is 0 Å². The normalized spacial score (nSPS) is 11.1. The molecule has 0 fully saturated rings. The maximum atomic E-state index is 12.5. The Morgan fingerprint density at radius 3 is 2.37 bits per heavy atom. The van der Waals surface area contributed by atoms with Crippen molar-refractivity contribution in [2.75, 3.05) is 33.1 Å². The van der Waals surface area contributed by atoms with E-state index in [2.05, 4.69) is 4.98 Å². The summed E-state index contributed by atoms with van der Waals surface area (Å²) < 4.78 is 48.1. The van der Waals surface area contributed by atoms with Gasteiger partial charge in [0, 0.05) is 13.2 Å². The van der Waals surface area contributed by atoms with Gasteiger partial charge in [-0.2, -0.15) is 13.2 Å². The summed E-state index contributed by atoms with van der Waals surface area (Å²) >= 11 is 1.09. The van der Waals surface area contributed by atoms with Crippen molar-refractivity contribution in [3.05, 3.63) is 48.2 Å². The molecule has 1 aromatic heterocycles. The Labute approximate surface area is 159 Å². The van der Waals surface area contributed by atoms with Crippen molar-refractivity contribution in [2.45, 2.75) is 11.2 Å². The number of amides is 1. The van der Waals surface area contributed by atoms with Gasteiger partial charge in [0.15, 0.2) is 0 Å². The molecule has 1 heterocycles. The first-order chi connectivity index (χ1) is 12.8. The second-order valence-corrected chi connectivity index (χ2v) is 6.51. The summed E-state index contributed by atoms with van der Waals surface area (Å²) in [5.74, 6) is 1.31. The summed E-state index contributed by atoms with van der Waals surface area (Å²) in [5.41, 5.74) is -0.814. The summed E-state index contributed by atoms with van der Waals surface area (Å²) in [6.45, 7) is 0.698. The number of aromatic nitrogens is 1. The molecule has 0 bridgehead atoms. The van der Waals surface area contributed by atoms with E-state index < -0.39 is 11.7 Å². The fraction of sp³-hybridized carbons (Fsp3) is 0.333. The molecule has 0 aliphatic rings. The number of alkyl halides is 3. The number of carbonyl (C=O) groups is 1. The van der Waals surface area contributed by atoms with Crippen LogP contribution in [-0.4, -0.2) is 48.9 Å². The van der Waals surface area contributed by atoms with E-state index in [1.165, 1.54) is 11.0 Å². The molecule has 146 valence electrons. The Hall–Kier alpha value is -2.42. The van der Waals surface area contributed by atoms with Gasteiger partial charge in [0.1, 0.15) is 18.1 Å². The quantitative estimate of drug-likeness (QED) is 0.632. The van der Waals surface area contributed by atoms with Crippen molar-refractivity contribution in [2.24, 2.45) is 0 Å². The molecule has 0 spiro atoms. The van der Waals surface area contributed by atoms with E-state index in [1.807, 2.05) is 0 Å². The molecule has 5 nitrogen and oxygen atoms in total. The van der Waals surface area contributed by atoms with Crippen molar-refractivity contribution < 1.29 is 27.4 Å². The fourth-order valence-corrected chi connectivity index (χ4v) is 2.76. The number of pyridine rings is 1. The van der Waals surface area contributed by atoms with Gasteiger partial charge in [0.2, 0.25) is 5.91 Å². The molecule has 1 aromatic carbocycles. The maximum absolute atomic E-state index is 12.5. The van der Waals surface area contributed by atoms with Crippen LogP contribution in [0.25, 0.3) is 0 Å². The van der Waals surface area contributed by atoms with Gasteiger partial charge in [-0.05, 0) is 36.4 Å². The van der Waals surface area contributed by atoms with E-state index in [1.54, 1.807) is 38.4 Å². The molecule has 1 amide bonds. The molecule has 0 unspecified atom stereocenters. The van der Waals surface area contributed by atoms with Gasteiger partial charge in [0.25, 0.3) is 0 Å². The zero-order valence-electron chi connectivity index (χ0n) is 14.8. The van der Waals surface area contributed by atoms with E-state index in [4.69, 9.17) is 9.47 Å². The fourth-order valence-electron chi connectivity index (χ4n) is 1.98. The third kappa shape index (κ3) is 6.67. The molecule has 0 radical (unpaired) electrons. The highest BCUT2D eigenvalue weighted by atomic mass is 32.2. The van der Waals surface area contributed by atoms with Crippen LogP contribution in [0.15, 0.2) is 47.6 Å². The number of thioether (sulfide) groups is 1. The van der Waals surface area contributed by atoms with Crippen LogP contribution in [-0.2, 0) is 11.0 Å². The molecule has 2 rings (SSSR count). The largest absolute Gasteiger partial charge is 0.497 e. The highest BCUT2D eigenvalue weighted by molar-refractivity contribution is 7.99. The predicted octanol–water partition coefficient (Wildman–Crippen LogP) is 3.74. The smallest absolute Gasteiger partial charge is 0.417 e. The summed E-state index contributed by atoms with van der Waals surface area (Å²) in [7, 11) is 3.22. The molecule has 27 heavy (non-hydrogen) atoms. The molecular formula is C18H19F3N2O3S. The highest BCUT2D eigenvalue weighted by Gasteiger charge is 2.30. The highest BCUT2D eigenvalue weighted by Crippen LogP contribution is 2.29. The number of carbonyl (C=O) groups excluding carboxylic acids is 1. The lowest BCUT2D eigenvalue weighted by Crippen LogP contribution is -2.32. The Morgan fingerprint density at radius 1 is 1.15 bits per heavy atom. The summed E-state index contributed by atoms with van der Waals surface area (Å²) in [5, 5.41) is 0.360. The zero-order valence-corrected chi connectivity index (χ0v) is 15.6. The van der Waals surface area contributed by atoms with Gasteiger partial charge in [0.05, 0.1) is 30.0 Å². The first-order valence-corrected chi connectivity index (χ1v) is 8.95. The molecule has 0 aliphatic heterocycles. The van der Waals surface area contributed by atoms with Gasteiger partial charge in [-0.1, -0.05) is 11.8 Å². The van der Waals surface area contributed by atoms with Crippen LogP contribution in [0.5, 0.6) is 11.5 Å². The standard InChI is InChI=1S/C18H19F3N2O3S/c1-23(9-10-26-15-6-4-14(25-2)5-7-15)17(24)12-27-16-8-3-13(11-22-16)18(19,20)21/h3-8,11H,9-10,12H2,1-2H3. The van der Waals surface area contributed by atoms with Gasteiger partial charge in [-0.15, -0.1) is 0 Å². The number of hydrogen-bond donors (Lipinski definition) is 0. The van der Waals surface area contributed by atoms with Gasteiger partial charge < -0.3 is 14.4 Å². The molecule has 0 saturated heterocycles. The average Bonchev–Trinajstić information content (AvgIpc) is 2.66. The molecule has 0 saturated carbocycles. The number of ether oxygens (including phenoxy) is 2. The lowest BCUT2D eigenvalue weighted by Gasteiger charge is -2.17. The molecule has 0 N–H and O–H groups in total. The number of hydrogen-bond acceptors (Lipinski definition) is 5. The third-order valence-electron chi connectivity index (χ3n) is 3.59. The summed E-state index contributed by atoms with van der Waals surface area (Å²) in [6.07, 6.45) is -3.66. The topological polar surface area (TPSA) is 51.7 Å². The number of rotatable bonds is 8. The SMILES string of the molecule is COc1ccc(OCCN(C)C(=O)CSc2ccc(C(F)(F)F)cn2)cc1. The lowest BCUT2D eigenvalue weighted by molar-refractivity contribution is -0.138. The lowest BCUT2D eigenvalue weighted by atomic mass is 10.3. The average molecular weight is 400 g/mol. The number of methoxy groups -OCH3 is 1. The van der Waals surface area contributed by atoms with Crippen LogP contribution < -0.4 is 9.47 Å². The second kappa shape index (κ2) is 9.50. The predicted molar refractivity (Wildman–Crippen MR) is 96.1 cm³/mol. The second-order valence-electron chi connectivity index (χ2n) is 5.51. The number of halogens is 3. The van der Waals surface area contributed by atoms with Crippen LogP contribution >= 0.6 is 11.8 Å². The number of nitrogens with zero attached hydrogens (tertiary/aromatic N) is 2. The Kier molecular flexibility index (Phi) is 7.35. The monoisotopic (exact) mass is 400 g/mol. The minimum absolute atomic E-state index is 0.0808. The molecule has 9 heteroatoms. The Bertz CT molecular complexity index is 737. The first-order valence-electron chi connectivity index (χ1n) is 7.96. The van der Waals surface area contributed by atoms with Crippen LogP contribution in [0.2, 0.25) is 0 Å². The number of benzene rings is 1. The van der Waals surface area contributed by atoms with Crippen LogP contribution in [0.3, 0.4) is 0 Å². The van der Waals surface area contributed by atoms with Crippen LogP contribution in [0.1, 0.15) is 5.56 Å². The van der Waals surface area contributed by atoms with E-state index in [0.717, 1.165) is 29.8 Å². The minimum Gasteiger partial charge on any atom is -0.497 e. The Morgan fingerprint density at radius 2 is 1.81 bits per heavy atom. The number of likely N-dealkylation sites (N-methyl/N-ethyl adjacent to an activating group) is 1. The van der Waals surface area contributed by atoms with Crippen molar-refractivity contribution in [1.82, 2.24) is 9.88 Å². The van der Waals surface area contributed by atoms with Gasteiger partial charge >= 0.3 is 6.18 Å². The van der Waals surface area contributed by atoms with Gasteiger partial charge in [-0.25, -0.2) is 4.98 Å². The van der Waals surface area contributed by atoms with Crippen molar-refractivity contribution in [3.8, 4) is 11.5 Å². The van der Waals surface area contributed by atoms with Crippen molar-refractivity contribution >= 4 is 17.7 Å². The molecular weight excluding hydrogens is 381 g/mol. The maximum Gasteiger partial charge on any atom is 0.417 e. The van der Waals surface area contributed by atoms with Crippen LogP contribution in [0.4, 0.5) is 13.2 Å². The van der Waals surface area contributed by atoms with E-state index in [0.29, 0.717) is 23.9 Å². The zero-order chi connectivity index (χ0) is 19.9. The first kappa shape index (κ1) is 20.9. The summed E-state index contributed by atoms with van der Waals surface area (Å²) in [4.78, 5) is 17.3. The van der Waals surface area contributed by atoms with Crippen LogP contribution in [0, 0.1) is 0 Å². The third-order valence-corrected chi connectivity index (χ3v) is 4.52. The minimum atomic E-state index is -4.42. The summed E-state index contributed by atoms with van der Waals surface area (Å²) in [6, 6.07) is 9.30. The van der Waals surface area contributed by atoms with E-state index in [-0.39, 0.29) is 11.7 Å². The van der Waals surface area contributed by atoms with Gasteiger partial charge in [-0.3, -0.25) is 4.79 Å². The molecule has 0 atom stereocenters. The van der Waals surface area contributed by atoms with E-state index in [9.17, 15) is 18.0 Å². The van der Waals surface area contributed by atoms with Crippen molar-refractivity contribution in [1.29, 1.82) is 0 Å². The molecule has 2 aromatic rings. The molecule has 0 aliphatic carbocycles.